The van der Waals surface area contributed by atoms with Crippen LogP contribution in [-0.2, 0) is 5.41 Å². The zero-order chi connectivity index (χ0) is 11.9. The molecule has 3 heteroatoms. The van der Waals surface area contributed by atoms with E-state index in [0.717, 1.165) is 10.9 Å². The second-order valence-electron chi connectivity index (χ2n) is 4.87. The monoisotopic (exact) mass is 237 g/mol. The molecule has 1 aromatic carbocycles. The van der Waals surface area contributed by atoms with E-state index >= 15 is 0 Å². The number of benzene rings is 1. The van der Waals surface area contributed by atoms with E-state index in [1.165, 1.54) is 12.3 Å². The average molecular weight is 238 g/mol. The molecule has 0 spiro atoms. The molecule has 0 unspecified atom stereocenters. The van der Waals surface area contributed by atoms with Crippen LogP contribution < -0.4 is 0 Å². The first-order chi connectivity index (χ1) is 7.41. The molecule has 0 saturated heterocycles. The number of fused-ring (bicyclic) bond motifs is 1. The summed E-state index contributed by atoms with van der Waals surface area (Å²) in [6.07, 6.45) is 1.52. The molecule has 1 aromatic heterocycles. The number of pyridine rings is 1. The Bertz CT molecular complexity index is 543. The Morgan fingerprint density at radius 2 is 1.94 bits per heavy atom. The molecule has 0 aliphatic carbocycles. The normalized spacial score (nSPS) is 12.1. The fraction of sp³-hybridized carbons (Fsp3) is 0.308. The Balaban J connectivity index is 2.91. The predicted octanol–water partition coefficient (Wildman–Crippen LogP) is 4.32. The smallest absolute Gasteiger partial charge is 0.149 e. The molecule has 2 rings (SSSR count). The van der Waals surface area contributed by atoms with Crippen molar-refractivity contribution in [2.75, 3.05) is 0 Å². The summed E-state index contributed by atoms with van der Waals surface area (Å²) in [7, 11) is 0. The molecule has 0 aliphatic rings. The number of halogens is 2. The van der Waals surface area contributed by atoms with E-state index in [0.29, 0.717) is 10.5 Å². The molecule has 0 radical (unpaired) electrons. The van der Waals surface area contributed by atoms with Gasteiger partial charge in [-0.05, 0) is 17.0 Å². The van der Waals surface area contributed by atoms with Gasteiger partial charge in [-0.1, -0.05) is 44.5 Å². The van der Waals surface area contributed by atoms with E-state index in [2.05, 4.69) is 25.8 Å². The molecular formula is C13H13ClFN. The first-order valence-electron chi connectivity index (χ1n) is 5.14. The van der Waals surface area contributed by atoms with Crippen LogP contribution in [0.1, 0.15) is 26.3 Å². The van der Waals surface area contributed by atoms with Gasteiger partial charge in [0.25, 0.3) is 0 Å². The van der Waals surface area contributed by atoms with Crippen molar-refractivity contribution in [3.8, 4) is 0 Å². The first kappa shape index (κ1) is 11.3. The van der Waals surface area contributed by atoms with E-state index in [1.54, 1.807) is 6.07 Å². The quantitative estimate of drug-likeness (QED) is 0.665. The highest BCUT2D eigenvalue weighted by atomic mass is 35.5. The highest BCUT2D eigenvalue weighted by Crippen LogP contribution is 2.35. The fourth-order valence-corrected chi connectivity index (χ4v) is 2.36. The van der Waals surface area contributed by atoms with Crippen LogP contribution in [0.2, 0.25) is 5.02 Å². The number of para-hydroxylation sites is 1. The topological polar surface area (TPSA) is 12.9 Å². The number of nitrogens with zero attached hydrogens (tertiary/aromatic N) is 1. The van der Waals surface area contributed by atoms with Gasteiger partial charge in [-0.2, -0.15) is 0 Å². The fourth-order valence-electron chi connectivity index (χ4n) is 1.92. The van der Waals surface area contributed by atoms with Gasteiger partial charge in [-0.25, -0.2) is 4.39 Å². The molecule has 0 bridgehead atoms. The third kappa shape index (κ3) is 1.78. The van der Waals surface area contributed by atoms with E-state index in [9.17, 15) is 4.39 Å². The van der Waals surface area contributed by atoms with Crippen molar-refractivity contribution in [3.05, 3.63) is 40.8 Å². The molecular weight excluding hydrogens is 225 g/mol. The van der Waals surface area contributed by atoms with Gasteiger partial charge in [0.05, 0.1) is 5.02 Å². The van der Waals surface area contributed by atoms with Crippen molar-refractivity contribution < 1.29 is 4.39 Å². The lowest BCUT2D eigenvalue weighted by molar-refractivity contribution is 0.594. The van der Waals surface area contributed by atoms with Crippen LogP contribution in [0.5, 0.6) is 0 Å². The molecule has 0 saturated carbocycles. The van der Waals surface area contributed by atoms with Crippen molar-refractivity contribution in [2.45, 2.75) is 26.2 Å². The van der Waals surface area contributed by atoms with E-state index in [4.69, 9.17) is 11.6 Å². The number of rotatable bonds is 0. The molecule has 0 fully saturated rings. The Hall–Kier alpha value is -1.15. The molecule has 0 atom stereocenters. The summed E-state index contributed by atoms with van der Waals surface area (Å²) in [5.41, 5.74) is 1.20. The van der Waals surface area contributed by atoms with Crippen molar-refractivity contribution in [3.63, 3.8) is 0 Å². The van der Waals surface area contributed by atoms with Crippen LogP contribution >= 0.6 is 11.6 Å². The number of aromatic nitrogens is 1. The molecule has 2 aromatic rings. The maximum atomic E-state index is 13.6. The van der Waals surface area contributed by atoms with Crippen LogP contribution in [0.25, 0.3) is 10.9 Å². The zero-order valence-corrected chi connectivity index (χ0v) is 10.3. The van der Waals surface area contributed by atoms with E-state index in [1.807, 2.05) is 6.07 Å². The molecule has 1 heterocycles. The Morgan fingerprint density at radius 3 is 2.56 bits per heavy atom. The number of hydrogen-bond acceptors (Lipinski definition) is 1. The van der Waals surface area contributed by atoms with Gasteiger partial charge in [0.2, 0.25) is 0 Å². The molecule has 0 N–H and O–H groups in total. The van der Waals surface area contributed by atoms with Crippen LogP contribution in [-0.4, -0.2) is 4.98 Å². The maximum absolute atomic E-state index is 13.6. The van der Waals surface area contributed by atoms with E-state index < -0.39 is 0 Å². The second kappa shape index (κ2) is 3.70. The Kier molecular flexibility index (Phi) is 2.62. The van der Waals surface area contributed by atoms with Crippen molar-refractivity contribution >= 4 is 22.5 Å². The SMILES string of the molecule is CC(C)(C)c1c(Cl)cnc2c(F)cccc12. The van der Waals surface area contributed by atoms with Crippen LogP contribution in [0, 0.1) is 5.82 Å². The minimum atomic E-state index is -0.306. The van der Waals surface area contributed by atoms with Gasteiger partial charge < -0.3 is 0 Å². The highest BCUT2D eigenvalue weighted by Gasteiger charge is 2.21. The van der Waals surface area contributed by atoms with Crippen molar-refractivity contribution in [2.24, 2.45) is 0 Å². The van der Waals surface area contributed by atoms with Crippen LogP contribution in [0.15, 0.2) is 24.4 Å². The Morgan fingerprint density at radius 1 is 1.25 bits per heavy atom. The molecule has 84 valence electrons. The summed E-state index contributed by atoms with van der Waals surface area (Å²) in [5.74, 6) is -0.306. The molecule has 0 aliphatic heterocycles. The summed E-state index contributed by atoms with van der Waals surface area (Å²) in [4.78, 5) is 4.05. The molecule has 0 amide bonds. The van der Waals surface area contributed by atoms with Crippen molar-refractivity contribution in [1.29, 1.82) is 0 Å². The summed E-state index contributed by atoms with van der Waals surface area (Å²) in [6, 6.07) is 4.96. The lowest BCUT2D eigenvalue weighted by Crippen LogP contribution is -2.13. The summed E-state index contributed by atoms with van der Waals surface area (Å²) >= 11 is 6.16. The van der Waals surface area contributed by atoms with Gasteiger partial charge in [0, 0.05) is 11.6 Å². The zero-order valence-electron chi connectivity index (χ0n) is 9.51. The van der Waals surface area contributed by atoms with Gasteiger partial charge in [0.15, 0.2) is 0 Å². The van der Waals surface area contributed by atoms with Gasteiger partial charge in [0.1, 0.15) is 11.3 Å². The lowest BCUT2D eigenvalue weighted by atomic mass is 9.85. The van der Waals surface area contributed by atoms with Crippen LogP contribution in [0.4, 0.5) is 4.39 Å². The minimum Gasteiger partial charge on any atom is -0.252 e. The van der Waals surface area contributed by atoms with Crippen LogP contribution in [0.3, 0.4) is 0 Å². The standard InChI is InChI=1S/C13H13ClFN/c1-13(2,3)11-8-5-4-6-10(15)12(8)16-7-9(11)14/h4-7H,1-3H3. The molecule has 16 heavy (non-hydrogen) atoms. The lowest BCUT2D eigenvalue weighted by Gasteiger charge is -2.22. The predicted molar refractivity (Wildman–Crippen MR) is 65.4 cm³/mol. The minimum absolute atomic E-state index is 0.133. The second-order valence-corrected chi connectivity index (χ2v) is 5.27. The molecule has 1 nitrogen and oxygen atoms in total. The van der Waals surface area contributed by atoms with E-state index in [-0.39, 0.29) is 11.2 Å². The maximum Gasteiger partial charge on any atom is 0.149 e. The number of hydrogen-bond donors (Lipinski definition) is 0. The van der Waals surface area contributed by atoms with Gasteiger partial charge in [-0.3, -0.25) is 4.98 Å². The average Bonchev–Trinajstić information content (AvgIpc) is 2.15. The van der Waals surface area contributed by atoms with Gasteiger partial charge in [-0.15, -0.1) is 0 Å². The summed E-state index contributed by atoms with van der Waals surface area (Å²) in [5, 5.41) is 1.38. The highest BCUT2D eigenvalue weighted by molar-refractivity contribution is 6.32. The van der Waals surface area contributed by atoms with Crippen molar-refractivity contribution in [1.82, 2.24) is 4.98 Å². The van der Waals surface area contributed by atoms with Gasteiger partial charge >= 0.3 is 0 Å². The summed E-state index contributed by atoms with van der Waals surface area (Å²) < 4.78 is 13.6. The summed E-state index contributed by atoms with van der Waals surface area (Å²) in [6.45, 7) is 6.16. The third-order valence-electron chi connectivity index (χ3n) is 2.55. The Labute approximate surface area is 99.3 Å². The largest absolute Gasteiger partial charge is 0.252 e. The third-order valence-corrected chi connectivity index (χ3v) is 2.84. The first-order valence-corrected chi connectivity index (χ1v) is 5.52.